The fourth-order valence-corrected chi connectivity index (χ4v) is 6.87. The first-order chi connectivity index (χ1) is 19.1. The van der Waals surface area contributed by atoms with Crippen LogP contribution in [0.15, 0.2) is 60.2 Å². The van der Waals surface area contributed by atoms with Crippen LogP contribution < -0.4 is 5.32 Å². The van der Waals surface area contributed by atoms with Gasteiger partial charge >= 0.3 is 6.03 Å². The Morgan fingerprint density at radius 2 is 1.77 bits per heavy atom. The van der Waals surface area contributed by atoms with E-state index in [4.69, 9.17) is 34.8 Å². The van der Waals surface area contributed by atoms with Gasteiger partial charge in [-0.2, -0.15) is 0 Å². The Bertz CT molecular complexity index is 1260. The molecule has 3 atom stereocenters. The van der Waals surface area contributed by atoms with Crippen LogP contribution in [0.25, 0.3) is 0 Å². The molecule has 6 rings (SSSR count). The quantitative estimate of drug-likeness (QED) is 0.263. The second-order valence-electron chi connectivity index (χ2n) is 11.7. The Morgan fingerprint density at radius 1 is 1.05 bits per heavy atom. The van der Waals surface area contributed by atoms with Crippen LogP contribution in [0.2, 0.25) is 10.0 Å². The van der Waals surface area contributed by atoms with E-state index in [1.807, 2.05) is 40.1 Å². The Hall–Kier alpha value is -2.25. The first-order valence-electron chi connectivity index (χ1n) is 14.0. The fourth-order valence-electron chi connectivity index (χ4n) is 6.28. The molecule has 0 spiro atoms. The number of allylic oxidation sites excluding steroid dienone is 1. The maximum absolute atomic E-state index is 13.5. The van der Waals surface area contributed by atoms with Crippen LogP contribution in [0.1, 0.15) is 37.6 Å². The topological polar surface area (TPSA) is 55.9 Å². The van der Waals surface area contributed by atoms with Crippen molar-refractivity contribution in [1.29, 1.82) is 0 Å². The van der Waals surface area contributed by atoms with Gasteiger partial charge in [0, 0.05) is 51.5 Å². The maximum atomic E-state index is 13.5. The van der Waals surface area contributed by atoms with Gasteiger partial charge in [0.25, 0.3) is 0 Å². The molecule has 1 saturated carbocycles. The van der Waals surface area contributed by atoms with Crippen LogP contribution in [-0.4, -0.2) is 72.5 Å². The van der Waals surface area contributed by atoms with Crippen molar-refractivity contribution >= 4 is 52.4 Å². The standard InChI is InChI=1S/C31H37Cl3N4O2/c1-31(2)23-9-8-22(25(31)18-23)20-38(30(40)35-24-10-11-26(32)27(33)19-24)17-14-36-12-15-37(16-13-36)29(39)28(34)21-6-4-3-5-7-21/h3-8,10-11,19,23,25,28H,9,12-18,20H2,1-2H3,(H,35,40). The molecule has 1 heterocycles. The number of amides is 3. The number of urea groups is 1. The van der Waals surface area contributed by atoms with Crippen LogP contribution in [0.5, 0.6) is 0 Å². The van der Waals surface area contributed by atoms with Gasteiger partial charge in [0.2, 0.25) is 5.91 Å². The zero-order valence-electron chi connectivity index (χ0n) is 23.1. The third-order valence-corrected chi connectivity index (χ3v) is 10.3. The molecule has 2 fully saturated rings. The van der Waals surface area contributed by atoms with Crippen molar-refractivity contribution in [3.63, 3.8) is 0 Å². The van der Waals surface area contributed by atoms with Gasteiger partial charge in [-0.05, 0) is 53.9 Å². The zero-order chi connectivity index (χ0) is 28.4. The molecule has 0 radical (unpaired) electrons. The zero-order valence-corrected chi connectivity index (χ0v) is 25.4. The molecule has 2 bridgehead atoms. The molecule has 0 aromatic heterocycles. The number of fused-ring (bicyclic) bond motifs is 1. The molecule has 1 saturated heterocycles. The fraction of sp³-hybridized carbons (Fsp3) is 0.484. The van der Waals surface area contributed by atoms with Gasteiger partial charge in [0.1, 0.15) is 5.38 Å². The van der Waals surface area contributed by atoms with E-state index in [0.717, 1.165) is 37.5 Å². The van der Waals surface area contributed by atoms with E-state index in [2.05, 4.69) is 30.1 Å². The smallest absolute Gasteiger partial charge is 0.322 e. The van der Waals surface area contributed by atoms with Gasteiger partial charge in [0.15, 0.2) is 0 Å². The van der Waals surface area contributed by atoms with Crippen molar-refractivity contribution in [3.8, 4) is 0 Å². The number of nitrogens with zero attached hydrogens (tertiary/aromatic N) is 3. The Labute approximate surface area is 252 Å². The molecule has 3 unspecified atom stereocenters. The summed E-state index contributed by atoms with van der Waals surface area (Å²) in [5.41, 5.74) is 3.09. The van der Waals surface area contributed by atoms with Crippen LogP contribution in [0.3, 0.4) is 0 Å². The summed E-state index contributed by atoms with van der Waals surface area (Å²) in [6.45, 7) is 9.34. The van der Waals surface area contributed by atoms with Gasteiger partial charge in [0.05, 0.1) is 10.0 Å². The number of hydrogen-bond donors (Lipinski definition) is 1. The average Bonchev–Trinajstić information content (AvgIpc) is 2.97. The lowest BCUT2D eigenvalue weighted by molar-refractivity contribution is -0.132. The van der Waals surface area contributed by atoms with Gasteiger partial charge in [-0.15, -0.1) is 11.6 Å². The molecule has 2 aromatic carbocycles. The van der Waals surface area contributed by atoms with Crippen LogP contribution in [0, 0.1) is 17.3 Å². The number of piperazine rings is 1. The van der Waals surface area contributed by atoms with Crippen molar-refractivity contribution < 1.29 is 9.59 Å². The summed E-state index contributed by atoms with van der Waals surface area (Å²) in [7, 11) is 0. The summed E-state index contributed by atoms with van der Waals surface area (Å²) < 4.78 is 0. The molecule has 9 heteroatoms. The first-order valence-corrected chi connectivity index (χ1v) is 15.2. The number of carbonyl (C=O) groups is 2. The summed E-state index contributed by atoms with van der Waals surface area (Å²) in [6, 6.07) is 14.5. The molecular weight excluding hydrogens is 567 g/mol. The second-order valence-corrected chi connectivity index (χ2v) is 13.0. The highest BCUT2D eigenvalue weighted by molar-refractivity contribution is 6.42. The predicted octanol–water partition coefficient (Wildman–Crippen LogP) is 6.94. The van der Waals surface area contributed by atoms with Gasteiger partial charge in [-0.1, -0.05) is 79.0 Å². The molecule has 214 valence electrons. The number of rotatable bonds is 8. The molecule has 40 heavy (non-hydrogen) atoms. The average molecular weight is 604 g/mol. The number of anilines is 1. The summed E-state index contributed by atoms with van der Waals surface area (Å²) in [4.78, 5) is 32.6. The van der Waals surface area contributed by atoms with Crippen LogP contribution in [-0.2, 0) is 4.79 Å². The number of nitrogens with one attached hydrogen (secondary N) is 1. The van der Waals surface area contributed by atoms with E-state index in [1.165, 1.54) is 12.0 Å². The molecule has 2 aromatic rings. The van der Waals surface area contributed by atoms with Gasteiger partial charge in [-0.3, -0.25) is 9.69 Å². The van der Waals surface area contributed by atoms with Gasteiger partial charge < -0.3 is 15.1 Å². The van der Waals surface area contributed by atoms with E-state index in [1.54, 1.807) is 18.2 Å². The minimum atomic E-state index is -0.674. The highest BCUT2D eigenvalue weighted by Gasteiger charge is 2.51. The lowest BCUT2D eigenvalue weighted by Gasteiger charge is -2.57. The number of carbonyl (C=O) groups excluding carboxylic acids is 2. The number of halogens is 3. The molecule has 1 aliphatic heterocycles. The van der Waals surface area contributed by atoms with Crippen molar-refractivity contribution in [3.05, 3.63) is 75.8 Å². The number of hydrogen-bond acceptors (Lipinski definition) is 3. The molecule has 3 amide bonds. The SMILES string of the molecule is CC1(C)C2CC=C(CN(CCN3CCN(C(=O)C(Cl)c4ccccc4)CC3)C(=O)Nc3ccc(Cl)c(Cl)c3)C1C2. The monoisotopic (exact) mass is 602 g/mol. The third kappa shape index (κ3) is 6.30. The summed E-state index contributed by atoms with van der Waals surface area (Å²) in [6.07, 6.45) is 4.65. The lowest BCUT2D eigenvalue weighted by Crippen LogP contribution is -2.53. The Morgan fingerprint density at radius 3 is 2.42 bits per heavy atom. The lowest BCUT2D eigenvalue weighted by atomic mass is 9.49. The highest BCUT2D eigenvalue weighted by Crippen LogP contribution is 2.59. The van der Waals surface area contributed by atoms with Crippen molar-refractivity contribution in [2.45, 2.75) is 32.1 Å². The van der Waals surface area contributed by atoms with E-state index < -0.39 is 5.38 Å². The Kier molecular flexibility index (Phi) is 9.01. The first kappa shape index (κ1) is 29.2. The molecule has 3 aliphatic carbocycles. The molecule has 4 aliphatic rings. The summed E-state index contributed by atoms with van der Waals surface area (Å²) >= 11 is 18.8. The highest BCUT2D eigenvalue weighted by atomic mass is 35.5. The number of alkyl halides is 1. The normalized spacial score (nSPS) is 22.6. The van der Waals surface area contributed by atoms with E-state index in [9.17, 15) is 9.59 Å². The summed E-state index contributed by atoms with van der Waals surface area (Å²) in [5, 5.41) is 3.20. The largest absolute Gasteiger partial charge is 0.339 e. The molecule has 1 N–H and O–H groups in total. The molecule has 6 nitrogen and oxygen atoms in total. The second kappa shape index (κ2) is 12.3. The van der Waals surface area contributed by atoms with Crippen LogP contribution >= 0.6 is 34.8 Å². The van der Waals surface area contributed by atoms with E-state index in [-0.39, 0.29) is 11.9 Å². The Balaban J connectivity index is 1.20. The third-order valence-electron chi connectivity index (χ3n) is 9.09. The van der Waals surface area contributed by atoms with Gasteiger partial charge in [-0.25, -0.2) is 4.79 Å². The number of benzene rings is 2. The minimum absolute atomic E-state index is 0.0548. The predicted molar refractivity (Wildman–Crippen MR) is 163 cm³/mol. The summed E-state index contributed by atoms with van der Waals surface area (Å²) in [5.74, 6) is 1.21. The van der Waals surface area contributed by atoms with E-state index >= 15 is 0 Å². The van der Waals surface area contributed by atoms with Crippen molar-refractivity contribution in [2.75, 3.05) is 51.1 Å². The molecular formula is C31H37Cl3N4O2. The van der Waals surface area contributed by atoms with E-state index in [0.29, 0.717) is 53.2 Å². The van der Waals surface area contributed by atoms with Crippen molar-refractivity contribution in [1.82, 2.24) is 14.7 Å². The minimum Gasteiger partial charge on any atom is -0.339 e. The maximum Gasteiger partial charge on any atom is 0.322 e. The van der Waals surface area contributed by atoms with Crippen LogP contribution in [0.4, 0.5) is 10.5 Å². The van der Waals surface area contributed by atoms with Crippen molar-refractivity contribution in [2.24, 2.45) is 17.3 Å².